The van der Waals surface area contributed by atoms with Gasteiger partial charge in [-0.1, -0.05) is 25.2 Å². The molecule has 0 bridgehead atoms. The van der Waals surface area contributed by atoms with Crippen molar-refractivity contribution in [2.24, 2.45) is 0 Å². The van der Waals surface area contributed by atoms with Crippen LogP contribution >= 0.6 is 12.2 Å². The van der Waals surface area contributed by atoms with E-state index in [0.717, 1.165) is 48.3 Å². The number of aromatic amines is 1. The predicted octanol–water partition coefficient (Wildman–Crippen LogP) is 4.05. The van der Waals surface area contributed by atoms with Crippen LogP contribution in [0.1, 0.15) is 25.3 Å². The van der Waals surface area contributed by atoms with Crippen LogP contribution in [0.2, 0.25) is 0 Å². The van der Waals surface area contributed by atoms with Crippen molar-refractivity contribution in [3.8, 4) is 0 Å². The van der Waals surface area contributed by atoms with Crippen molar-refractivity contribution in [3.05, 3.63) is 34.5 Å². The largest absolute Gasteiger partial charge is 0.382 e. The van der Waals surface area contributed by atoms with Gasteiger partial charge in [-0.25, -0.2) is 0 Å². The predicted molar refractivity (Wildman–Crippen MR) is 86.0 cm³/mol. The summed E-state index contributed by atoms with van der Waals surface area (Å²) in [6.07, 6.45) is 3.15. The minimum absolute atomic E-state index is 0.513. The van der Waals surface area contributed by atoms with Crippen LogP contribution in [-0.4, -0.2) is 24.2 Å². The van der Waals surface area contributed by atoms with Gasteiger partial charge in [0.2, 0.25) is 0 Å². The molecule has 0 aliphatic carbocycles. The molecule has 1 aliphatic heterocycles. The van der Waals surface area contributed by atoms with E-state index in [4.69, 9.17) is 17.0 Å². The molecule has 1 aromatic heterocycles. The number of hydrogen-bond donors (Lipinski definition) is 2. The van der Waals surface area contributed by atoms with Gasteiger partial charge < -0.3 is 15.0 Å². The van der Waals surface area contributed by atoms with Crippen molar-refractivity contribution in [1.29, 1.82) is 0 Å². The number of fused-ring (bicyclic) bond motifs is 1. The SMILES string of the molecule is CCc1cc(=S)[nH]c2cc(NC3CCOCC3)ccc12. The average Bonchev–Trinajstić information content (AvgIpc) is 2.47. The van der Waals surface area contributed by atoms with Crippen LogP contribution in [-0.2, 0) is 11.2 Å². The first-order chi connectivity index (χ1) is 9.76. The summed E-state index contributed by atoms with van der Waals surface area (Å²) in [4.78, 5) is 3.29. The van der Waals surface area contributed by atoms with Crippen molar-refractivity contribution in [3.63, 3.8) is 0 Å². The molecule has 1 fully saturated rings. The molecule has 106 valence electrons. The molecule has 2 N–H and O–H groups in total. The molecule has 2 heterocycles. The second kappa shape index (κ2) is 5.94. The first kappa shape index (κ1) is 13.6. The molecule has 3 rings (SSSR count). The number of rotatable bonds is 3. The van der Waals surface area contributed by atoms with E-state index in [1.807, 2.05) is 0 Å². The second-order valence-corrected chi connectivity index (χ2v) is 5.74. The zero-order valence-electron chi connectivity index (χ0n) is 11.7. The van der Waals surface area contributed by atoms with Gasteiger partial charge in [-0.15, -0.1) is 0 Å². The molecule has 4 heteroatoms. The lowest BCUT2D eigenvalue weighted by Gasteiger charge is -2.24. The van der Waals surface area contributed by atoms with Gasteiger partial charge in [-0.2, -0.15) is 0 Å². The van der Waals surface area contributed by atoms with Gasteiger partial charge in [0.05, 0.1) is 0 Å². The molecule has 0 amide bonds. The van der Waals surface area contributed by atoms with Crippen molar-refractivity contribution in [2.75, 3.05) is 18.5 Å². The summed E-state index contributed by atoms with van der Waals surface area (Å²) >= 11 is 5.31. The zero-order chi connectivity index (χ0) is 13.9. The lowest BCUT2D eigenvalue weighted by molar-refractivity contribution is 0.0904. The lowest BCUT2D eigenvalue weighted by Crippen LogP contribution is -2.27. The van der Waals surface area contributed by atoms with Crippen molar-refractivity contribution < 1.29 is 4.74 Å². The minimum Gasteiger partial charge on any atom is -0.382 e. The highest BCUT2D eigenvalue weighted by molar-refractivity contribution is 7.71. The van der Waals surface area contributed by atoms with Crippen LogP contribution in [0.25, 0.3) is 10.9 Å². The molecule has 0 unspecified atom stereocenters. The Morgan fingerprint density at radius 2 is 2.10 bits per heavy atom. The maximum atomic E-state index is 5.39. The Balaban J connectivity index is 1.91. The molecule has 0 saturated carbocycles. The number of nitrogens with one attached hydrogen (secondary N) is 2. The Morgan fingerprint density at radius 1 is 1.30 bits per heavy atom. The van der Waals surface area contributed by atoms with Gasteiger partial charge in [0.15, 0.2) is 0 Å². The van der Waals surface area contributed by atoms with Crippen LogP contribution in [0.5, 0.6) is 0 Å². The Kier molecular flexibility index (Phi) is 4.03. The smallest absolute Gasteiger partial charge is 0.103 e. The summed E-state index contributed by atoms with van der Waals surface area (Å²) in [6, 6.07) is 9.08. The third-order valence-corrected chi connectivity index (χ3v) is 4.12. The van der Waals surface area contributed by atoms with E-state index < -0.39 is 0 Å². The van der Waals surface area contributed by atoms with E-state index >= 15 is 0 Å². The highest BCUT2D eigenvalue weighted by atomic mass is 32.1. The van der Waals surface area contributed by atoms with Gasteiger partial charge in [0.25, 0.3) is 0 Å². The molecular formula is C16H20N2OS. The van der Waals surface area contributed by atoms with Crippen molar-refractivity contribution >= 4 is 28.8 Å². The first-order valence-corrected chi connectivity index (χ1v) is 7.67. The first-order valence-electron chi connectivity index (χ1n) is 7.26. The van der Waals surface area contributed by atoms with E-state index in [2.05, 4.69) is 41.5 Å². The normalized spacial score (nSPS) is 16.4. The third-order valence-electron chi connectivity index (χ3n) is 3.90. The van der Waals surface area contributed by atoms with E-state index in [0.29, 0.717) is 6.04 Å². The molecule has 1 aliphatic rings. The monoisotopic (exact) mass is 288 g/mol. The summed E-state index contributed by atoms with van der Waals surface area (Å²) in [5.41, 5.74) is 3.58. The Morgan fingerprint density at radius 3 is 2.85 bits per heavy atom. The van der Waals surface area contributed by atoms with Crippen molar-refractivity contribution in [1.82, 2.24) is 4.98 Å². The fourth-order valence-corrected chi connectivity index (χ4v) is 3.04. The van der Waals surface area contributed by atoms with Crippen molar-refractivity contribution in [2.45, 2.75) is 32.2 Å². The van der Waals surface area contributed by atoms with Crippen LogP contribution in [0, 0.1) is 4.64 Å². The molecule has 0 atom stereocenters. The Bertz CT molecular complexity index is 659. The molecule has 0 spiro atoms. The highest BCUT2D eigenvalue weighted by Crippen LogP contribution is 2.23. The third kappa shape index (κ3) is 2.86. The van der Waals surface area contributed by atoms with Gasteiger partial charge in [-0.3, -0.25) is 0 Å². The van der Waals surface area contributed by atoms with E-state index in [1.54, 1.807) is 0 Å². The molecular weight excluding hydrogens is 268 g/mol. The van der Waals surface area contributed by atoms with Crippen LogP contribution < -0.4 is 5.32 Å². The van der Waals surface area contributed by atoms with Gasteiger partial charge in [0.1, 0.15) is 4.64 Å². The average molecular weight is 288 g/mol. The number of benzene rings is 1. The minimum atomic E-state index is 0.513. The van der Waals surface area contributed by atoms with E-state index in [9.17, 15) is 0 Å². The maximum absolute atomic E-state index is 5.39. The zero-order valence-corrected chi connectivity index (χ0v) is 12.6. The Labute approximate surface area is 124 Å². The highest BCUT2D eigenvalue weighted by Gasteiger charge is 2.13. The number of ether oxygens (including phenoxy) is 1. The number of H-pyrrole nitrogens is 1. The summed E-state index contributed by atoms with van der Waals surface area (Å²) < 4.78 is 6.20. The standard InChI is InChI=1S/C16H20N2OS/c1-2-11-9-16(20)18-15-10-13(3-4-14(11)15)17-12-5-7-19-8-6-12/h3-4,9-10,12,17H,2,5-8H2,1H3,(H,18,20). The van der Waals surface area contributed by atoms with Crippen LogP contribution in [0.3, 0.4) is 0 Å². The molecule has 0 radical (unpaired) electrons. The summed E-state index contributed by atoms with van der Waals surface area (Å²) in [5, 5.41) is 4.86. The molecule has 1 saturated heterocycles. The van der Waals surface area contributed by atoms with Crippen LogP contribution in [0.15, 0.2) is 24.3 Å². The number of pyridine rings is 1. The summed E-state index contributed by atoms with van der Waals surface area (Å²) in [7, 11) is 0. The fourth-order valence-electron chi connectivity index (χ4n) is 2.79. The van der Waals surface area contributed by atoms with E-state index in [-0.39, 0.29) is 0 Å². The molecule has 20 heavy (non-hydrogen) atoms. The topological polar surface area (TPSA) is 37.0 Å². The van der Waals surface area contributed by atoms with Gasteiger partial charge >= 0.3 is 0 Å². The van der Waals surface area contributed by atoms with Crippen LogP contribution in [0.4, 0.5) is 5.69 Å². The molecule has 3 nitrogen and oxygen atoms in total. The van der Waals surface area contributed by atoms with E-state index in [1.165, 1.54) is 10.9 Å². The number of aryl methyl sites for hydroxylation is 1. The summed E-state index contributed by atoms with van der Waals surface area (Å²) in [6.45, 7) is 3.87. The van der Waals surface area contributed by atoms with Gasteiger partial charge in [0, 0.05) is 35.8 Å². The lowest BCUT2D eigenvalue weighted by atomic mass is 10.1. The molecule has 2 aromatic rings. The summed E-state index contributed by atoms with van der Waals surface area (Å²) in [5.74, 6) is 0. The van der Waals surface area contributed by atoms with Gasteiger partial charge in [-0.05, 0) is 43.0 Å². The second-order valence-electron chi connectivity index (χ2n) is 5.30. The quantitative estimate of drug-likeness (QED) is 0.837. The number of aromatic nitrogens is 1. The maximum Gasteiger partial charge on any atom is 0.103 e. The fraction of sp³-hybridized carbons (Fsp3) is 0.438. The Hall–Kier alpha value is -1.39. The molecule has 1 aromatic carbocycles. The number of hydrogen-bond acceptors (Lipinski definition) is 3. The number of anilines is 1.